The van der Waals surface area contributed by atoms with E-state index in [0.29, 0.717) is 23.2 Å². The Bertz CT molecular complexity index is 768. The molecule has 1 heterocycles. The van der Waals surface area contributed by atoms with Gasteiger partial charge in [0.15, 0.2) is 0 Å². The fourth-order valence-corrected chi connectivity index (χ4v) is 11.9. The molecule has 0 saturated carbocycles. The van der Waals surface area contributed by atoms with Crippen LogP contribution in [0.2, 0.25) is 16.6 Å². The van der Waals surface area contributed by atoms with Crippen LogP contribution in [0.3, 0.4) is 0 Å². The van der Waals surface area contributed by atoms with Gasteiger partial charge in [-0.25, -0.2) is 0 Å². The van der Waals surface area contributed by atoms with Gasteiger partial charge in [-0.3, -0.25) is 4.79 Å². The average Bonchev–Trinajstić information content (AvgIpc) is 3.28. The van der Waals surface area contributed by atoms with Gasteiger partial charge < -0.3 is 23.4 Å². The van der Waals surface area contributed by atoms with Gasteiger partial charge in [0.1, 0.15) is 12.9 Å². The van der Waals surface area contributed by atoms with Gasteiger partial charge in [0.2, 0.25) is 8.32 Å². The topological polar surface area (TPSA) is 63.2 Å². The van der Waals surface area contributed by atoms with Crippen LogP contribution >= 0.6 is 0 Å². The second-order valence-electron chi connectivity index (χ2n) is 12.2. The molecule has 0 spiro atoms. The van der Waals surface area contributed by atoms with Crippen LogP contribution in [0.25, 0.3) is 0 Å². The summed E-state index contributed by atoms with van der Waals surface area (Å²) < 4.78 is 30.9. The number of esters is 1. The van der Waals surface area contributed by atoms with Gasteiger partial charge in [-0.05, 0) is 62.1 Å². The van der Waals surface area contributed by atoms with Gasteiger partial charge in [-0.15, -0.1) is 0 Å². The van der Waals surface area contributed by atoms with Crippen LogP contribution in [0.15, 0.2) is 36.5 Å². The molecule has 0 aromatic carbocycles. The van der Waals surface area contributed by atoms with E-state index in [4.69, 9.17) is 23.4 Å². The molecule has 39 heavy (non-hydrogen) atoms. The van der Waals surface area contributed by atoms with Crippen molar-refractivity contribution in [2.75, 3.05) is 20.5 Å². The minimum Gasteiger partial charge on any atom is -0.466 e. The molecule has 0 amide bonds. The minimum atomic E-state index is -2.26. The first kappa shape index (κ1) is 35.8. The van der Waals surface area contributed by atoms with Crippen molar-refractivity contribution in [1.82, 2.24) is 0 Å². The molecule has 6 nitrogen and oxygen atoms in total. The molecule has 0 bridgehead atoms. The largest absolute Gasteiger partial charge is 0.466 e. The molecular formula is C32H58O6Si. The lowest BCUT2D eigenvalue weighted by atomic mass is 9.90. The normalized spacial score (nSPS) is 20.6. The molecule has 1 aliphatic heterocycles. The Labute approximate surface area is 240 Å². The number of methoxy groups -OCH3 is 1. The van der Waals surface area contributed by atoms with Crippen LogP contribution in [0.4, 0.5) is 0 Å². The van der Waals surface area contributed by atoms with E-state index < -0.39 is 8.32 Å². The van der Waals surface area contributed by atoms with Crippen molar-refractivity contribution >= 4 is 14.3 Å². The van der Waals surface area contributed by atoms with Crippen molar-refractivity contribution in [3.63, 3.8) is 0 Å². The maximum Gasteiger partial charge on any atom is 0.308 e. The number of ether oxygens (including phenoxy) is 4. The second-order valence-corrected chi connectivity index (χ2v) is 17.6. The molecule has 1 rings (SSSR count). The molecule has 226 valence electrons. The standard InChI is InChI=1S/C32H58O6Si/c1-13-35-30(33)20-28-17-18-29(37-28)32(36-21-34-12)31(27(11)19-26(10)16-14-15-22(2)3)38-39(23(4)5,24(6)7)25(8)9/h14,16,23-25,27-29,31-32H,2,10,13,15,17-21H2,1,3-9,11-12H3/b16-14+/t27-,28-,29+,31-,32-/m1/s1. The van der Waals surface area contributed by atoms with Crippen LogP contribution in [0, 0.1) is 5.92 Å². The number of hydrogen-bond donors (Lipinski definition) is 0. The predicted octanol–water partition coefficient (Wildman–Crippen LogP) is 8.14. The molecule has 0 aliphatic carbocycles. The summed E-state index contributed by atoms with van der Waals surface area (Å²) in [6.07, 6.45) is 6.77. The van der Waals surface area contributed by atoms with Crippen molar-refractivity contribution in [3.8, 4) is 0 Å². The highest BCUT2D eigenvalue weighted by Gasteiger charge is 2.50. The Morgan fingerprint density at radius 1 is 1.05 bits per heavy atom. The van der Waals surface area contributed by atoms with E-state index in [1.807, 2.05) is 13.8 Å². The lowest BCUT2D eigenvalue weighted by molar-refractivity contribution is -0.170. The average molecular weight is 567 g/mol. The Morgan fingerprint density at radius 2 is 1.67 bits per heavy atom. The molecule has 0 aromatic rings. The third kappa shape index (κ3) is 10.9. The predicted molar refractivity (Wildman–Crippen MR) is 163 cm³/mol. The Balaban J connectivity index is 3.39. The van der Waals surface area contributed by atoms with E-state index in [9.17, 15) is 4.79 Å². The van der Waals surface area contributed by atoms with Crippen molar-refractivity contribution in [3.05, 3.63) is 36.5 Å². The summed E-state index contributed by atoms with van der Waals surface area (Å²) in [5.74, 6) is -0.0907. The molecule has 0 radical (unpaired) electrons. The lowest BCUT2D eigenvalue weighted by Gasteiger charge is -2.48. The van der Waals surface area contributed by atoms with Gasteiger partial charge in [0.05, 0.1) is 31.3 Å². The fraction of sp³-hybridized carbons (Fsp3) is 0.781. The highest BCUT2D eigenvalue weighted by Crippen LogP contribution is 2.45. The monoisotopic (exact) mass is 566 g/mol. The summed E-state index contributed by atoms with van der Waals surface area (Å²) in [6, 6.07) is 0. The molecule has 1 aliphatic rings. The summed E-state index contributed by atoms with van der Waals surface area (Å²) in [5.41, 5.74) is 3.46. The molecule has 7 heteroatoms. The van der Waals surface area contributed by atoms with E-state index in [1.54, 1.807) is 7.11 Å². The first-order valence-corrected chi connectivity index (χ1v) is 17.0. The zero-order chi connectivity index (χ0) is 29.8. The van der Waals surface area contributed by atoms with E-state index in [2.05, 4.69) is 73.8 Å². The van der Waals surface area contributed by atoms with Gasteiger partial charge in [0.25, 0.3) is 0 Å². The molecule has 0 aromatic heterocycles. The number of allylic oxidation sites excluding steroid dienone is 4. The fourth-order valence-electron chi connectivity index (χ4n) is 6.27. The maximum absolute atomic E-state index is 12.2. The molecular weight excluding hydrogens is 508 g/mol. The summed E-state index contributed by atoms with van der Waals surface area (Å²) in [4.78, 5) is 12.2. The van der Waals surface area contributed by atoms with Crippen LogP contribution < -0.4 is 0 Å². The second kappa shape index (κ2) is 17.5. The van der Waals surface area contributed by atoms with Crippen molar-refractivity contribution in [1.29, 1.82) is 0 Å². The van der Waals surface area contributed by atoms with Crippen LogP contribution in [-0.4, -0.2) is 59.2 Å². The van der Waals surface area contributed by atoms with Crippen LogP contribution in [-0.2, 0) is 28.2 Å². The summed E-state index contributed by atoms with van der Waals surface area (Å²) >= 11 is 0. The van der Waals surface area contributed by atoms with E-state index in [0.717, 1.165) is 36.8 Å². The third-order valence-corrected chi connectivity index (χ3v) is 14.0. The lowest BCUT2D eigenvalue weighted by Crippen LogP contribution is -2.56. The van der Waals surface area contributed by atoms with Crippen molar-refractivity contribution in [2.45, 2.75) is 135 Å². The number of rotatable bonds is 19. The summed E-state index contributed by atoms with van der Waals surface area (Å²) in [6.45, 7) is 28.8. The first-order valence-electron chi connectivity index (χ1n) is 14.9. The molecule has 0 N–H and O–H groups in total. The maximum atomic E-state index is 12.2. The highest BCUT2D eigenvalue weighted by molar-refractivity contribution is 6.77. The van der Waals surface area contributed by atoms with Crippen LogP contribution in [0.5, 0.6) is 0 Å². The Morgan fingerprint density at radius 3 is 2.18 bits per heavy atom. The van der Waals surface area contributed by atoms with Gasteiger partial charge >= 0.3 is 5.97 Å². The zero-order valence-corrected chi connectivity index (χ0v) is 27.6. The summed E-state index contributed by atoms with van der Waals surface area (Å²) in [7, 11) is -0.623. The van der Waals surface area contributed by atoms with E-state index in [1.165, 1.54) is 0 Å². The summed E-state index contributed by atoms with van der Waals surface area (Å²) in [5, 5.41) is 0. The quantitative estimate of drug-likeness (QED) is 0.0517. The number of carbonyl (C=O) groups is 1. The Hall–Kier alpha value is -1.25. The van der Waals surface area contributed by atoms with Gasteiger partial charge in [-0.1, -0.05) is 84.9 Å². The van der Waals surface area contributed by atoms with Crippen molar-refractivity contribution < 1.29 is 28.2 Å². The first-order chi connectivity index (χ1) is 18.3. The van der Waals surface area contributed by atoms with E-state index >= 15 is 0 Å². The number of hydrogen-bond acceptors (Lipinski definition) is 6. The van der Waals surface area contributed by atoms with Crippen LogP contribution in [0.1, 0.15) is 94.4 Å². The molecule has 0 unspecified atom stereocenters. The number of carbonyl (C=O) groups excluding carboxylic acids is 1. The molecule has 1 saturated heterocycles. The minimum absolute atomic E-state index is 0.129. The van der Waals surface area contributed by atoms with Gasteiger partial charge in [0, 0.05) is 7.11 Å². The van der Waals surface area contributed by atoms with Gasteiger partial charge in [-0.2, -0.15) is 0 Å². The molecule has 1 fully saturated rings. The third-order valence-electron chi connectivity index (χ3n) is 7.92. The SMILES string of the molecule is C=C(C)C/C=C/C(=C)C[C@@H](C)[C@@H](O[Si](C(C)C)(C(C)C)C(C)C)[C@H](OCOC)[C@@H]1CC[C@H](CC(=O)OCC)O1. The molecule has 5 atom stereocenters. The van der Waals surface area contributed by atoms with Crippen molar-refractivity contribution in [2.24, 2.45) is 5.92 Å². The Kier molecular flexibility index (Phi) is 16.1. The zero-order valence-electron chi connectivity index (χ0n) is 26.6. The highest BCUT2D eigenvalue weighted by atomic mass is 28.4. The smallest absolute Gasteiger partial charge is 0.308 e. The van der Waals surface area contributed by atoms with E-state index in [-0.39, 0.29) is 49.5 Å².